The fraction of sp³-hybridized carbons (Fsp3) is 0.208. The molecular formula is C24H20N2O3S. The van der Waals surface area contributed by atoms with Gasteiger partial charge in [-0.15, -0.1) is 11.3 Å². The first-order chi connectivity index (χ1) is 14.4. The van der Waals surface area contributed by atoms with Crippen LogP contribution in [0.1, 0.15) is 49.4 Å². The topological polar surface area (TPSA) is 63.4 Å². The first-order valence-electron chi connectivity index (χ1n) is 9.77. The Labute approximate surface area is 177 Å². The van der Waals surface area contributed by atoms with Crippen molar-refractivity contribution in [3.63, 3.8) is 0 Å². The van der Waals surface area contributed by atoms with Crippen molar-refractivity contribution in [2.75, 3.05) is 4.90 Å². The van der Waals surface area contributed by atoms with Crippen molar-refractivity contribution in [3.8, 4) is 0 Å². The number of hydrogen-bond acceptors (Lipinski definition) is 5. The average molecular weight is 417 g/mol. The predicted octanol–water partition coefficient (Wildman–Crippen LogP) is 5.23. The Morgan fingerprint density at radius 1 is 1.00 bits per heavy atom. The van der Waals surface area contributed by atoms with E-state index in [4.69, 9.17) is 4.42 Å². The molecule has 6 heteroatoms. The van der Waals surface area contributed by atoms with Gasteiger partial charge in [-0.1, -0.05) is 30.3 Å². The second-order valence-electron chi connectivity index (χ2n) is 7.73. The van der Waals surface area contributed by atoms with E-state index in [-0.39, 0.29) is 17.1 Å². The highest BCUT2D eigenvalue weighted by molar-refractivity contribution is 7.15. The fourth-order valence-electron chi connectivity index (χ4n) is 3.93. The van der Waals surface area contributed by atoms with Crippen molar-refractivity contribution in [3.05, 3.63) is 91.3 Å². The molecule has 5 nitrogen and oxygen atoms in total. The maximum Gasteiger partial charge on any atom is 0.297 e. The van der Waals surface area contributed by atoms with Crippen molar-refractivity contribution in [2.45, 2.75) is 33.7 Å². The third-order valence-electron chi connectivity index (χ3n) is 5.83. The molecule has 30 heavy (non-hydrogen) atoms. The van der Waals surface area contributed by atoms with Crippen LogP contribution < -0.4 is 10.3 Å². The molecule has 0 fully saturated rings. The van der Waals surface area contributed by atoms with Gasteiger partial charge in [0.1, 0.15) is 5.58 Å². The van der Waals surface area contributed by atoms with Crippen LogP contribution in [0.5, 0.6) is 0 Å². The summed E-state index contributed by atoms with van der Waals surface area (Å²) in [6.45, 7) is 7.83. The Hall–Kier alpha value is -3.25. The van der Waals surface area contributed by atoms with Gasteiger partial charge in [0.2, 0.25) is 5.76 Å². The molecule has 5 rings (SSSR count). The number of aryl methyl sites for hydroxylation is 4. The summed E-state index contributed by atoms with van der Waals surface area (Å²) in [6.07, 6.45) is 0. The van der Waals surface area contributed by atoms with E-state index >= 15 is 0 Å². The van der Waals surface area contributed by atoms with Gasteiger partial charge >= 0.3 is 0 Å². The summed E-state index contributed by atoms with van der Waals surface area (Å²) in [5, 5.41) is 1.07. The SMILES string of the molecule is Cc1cc2oc3c(c(=O)c2cc1C)C(c1ccccc1)N(c1nc(C)c(C)s1)C3=O. The summed E-state index contributed by atoms with van der Waals surface area (Å²) in [4.78, 5) is 34.4. The molecule has 4 aromatic rings. The number of carbonyl (C=O) groups excluding carboxylic acids is 1. The van der Waals surface area contributed by atoms with Gasteiger partial charge in [-0.25, -0.2) is 4.98 Å². The lowest BCUT2D eigenvalue weighted by Gasteiger charge is -2.22. The summed E-state index contributed by atoms with van der Waals surface area (Å²) < 4.78 is 6.06. The van der Waals surface area contributed by atoms with E-state index < -0.39 is 6.04 Å². The molecule has 0 N–H and O–H groups in total. The van der Waals surface area contributed by atoms with Gasteiger partial charge < -0.3 is 4.42 Å². The van der Waals surface area contributed by atoms with Gasteiger partial charge in [-0.2, -0.15) is 0 Å². The van der Waals surface area contributed by atoms with Crippen molar-refractivity contribution in [1.29, 1.82) is 0 Å². The van der Waals surface area contributed by atoms with Crippen LogP contribution in [0.25, 0.3) is 11.0 Å². The zero-order chi connectivity index (χ0) is 21.2. The summed E-state index contributed by atoms with van der Waals surface area (Å²) in [5.74, 6) is -0.222. The number of anilines is 1. The number of fused-ring (bicyclic) bond motifs is 2. The average Bonchev–Trinajstić information content (AvgIpc) is 3.21. The minimum absolute atomic E-state index is 0.107. The number of nitrogens with zero attached hydrogens (tertiary/aromatic N) is 2. The van der Waals surface area contributed by atoms with Crippen LogP contribution in [0.15, 0.2) is 51.7 Å². The molecule has 1 aliphatic rings. The maximum absolute atomic E-state index is 13.6. The molecule has 0 radical (unpaired) electrons. The van der Waals surface area contributed by atoms with Crippen LogP contribution in [-0.4, -0.2) is 10.9 Å². The van der Waals surface area contributed by atoms with Crippen LogP contribution in [0, 0.1) is 27.7 Å². The molecule has 2 aromatic carbocycles. The second kappa shape index (κ2) is 6.64. The van der Waals surface area contributed by atoms with Crippen LogP contribution in [0.2, 0.25) is 0 Å². The van der Waals surface area contributed by atoms with E-state index in [9.17, 15) is 9.59 Å². The lowest BCUT2D eigenvalue weighted by molar-refractivity contribution is 0.0971. The first kappa shape index (κ1) is 18.8. The van der Waals surface area contributed by atoms with Gasteiger partial charge in [-0.05, 0) is 56.5 Å². The first-order valence-corrected chi connectivity index (χ1v) is 10.6. The molecule has 150 valence electrons. The van der Waals surface area contributed by atoms with Gasteiger partial charge in [0.05, 0.1) is 22.7 Å². The Morgan fingerprint density at radius 2 is 1.70 bits per heavy atom. The number of thiazole rings is 1. The molecule has 0 saturated heterocycles. The van der Waals surface area contributed by atoms with E-state index in [2.05, 4.69) is 4.98 Å². The Kier molecular flexibility index (Phi) is 4.15. The minimum Gasteiger partial charge on any atom is -0.450 e. The number of rotatable bonds is 2. The highest BCUT2D eigenvalue weighted by Gasteiger charge is 2.45. The van der Waals surface area contributed by atoms with Gasteiger partial charge in [0, 0.05) is 4.88 Å². The molecule has 3 heterocycles. The van der Waals surface area contributed by atoms with Crippen LogP contribution in [0.4, 0.5) is 5.13 Å². The number of carbonyl (C=O) groups is 1. The van der Waals surface area contributed by atoms with Gasteiger partial charge in [-0.3, -0.25) is 14.5 Å². The fourth-order valence-corrected chi connectivity index (χ4v) is 4.87. The van der Waals surface area contributed by atoms with E-state index in [1.165, 1.54) is 11.3 Å². The van der Waals surface area contributed by atoms with Crippen molar-refractivity contribution >= 4 is 33.3 Å². The molecule has 1 aliphatic heterocycles. The predicted molar refractivity (Wildman–Crippen MR) is 119 cm³/mol. The van der Waals surface area contributed by atoms with E-state index in [1.807, 2.05) is 70.2 Å². The monoisotopic (exact) mass is 416 g/mol. The summed E-state index contributed by atoms with van der Waals surface area (Å²) >= 11 is 1.45. The van der Waals surface area contributed by atoms with E-state index in [0.717, 1.165) is 27.3 Å². The Morgan fingerprint density at radius 3 is 2.37 bits per heavy atom. The lowest BCUT2D eigenvalue weighted by atomic mass is 9.98. The van der Waals surface area contributed by atoms with Gasteiger partial charge in [0.25, 0.3) is 5.91 Å². The molecular weight excluding hydrogens is 396 g/mol. The second-order valence-corrected chi connectivity index (χ2v) is 8.91. The molecule has 0 aliphatic carbocycles. The summed E-state index contributed by atoms with van der Waals surface area (Å²) in [7, 11) is 0. The van der Waals surface area contributed by atoms with Crippen molar-refractivity contribution in [1.82, 2.24) is 4.98 Å². The minimum atomic E-state index is -0.569. The Balaban J connectivity index is 1.84. The smallest absolute Gasteiger partial charge is 0.297 e. The van der Waals surface area contributed by atoms with Gasteiger partial charge in [0.15, 0.2) is 10.6 Å². The molecule has 2 aromatic heterocycles. The number of hydrogen-bond donors (Lipinski definition) is 0. The normalized spacial score (nSPS) is 15.8. The van der Waals surface area contributed by atoms with Crippen LogP contribution >= 0.6 is 11.3 Å². The Bertz CT molecular complexity index is 1370. The molecule has 0 saturated carbocycles. The standard InChI is InChI=1S/C24H20N2O3S/c1-12-10-17-18(11-13(12)2)29-22-19(21(17)27)20(16-8-6-5-7-9-16)26(23(22)28)24-25-14(3)15(4)30-24/h5-11,20H,1-4H3. The third kappa shape index (κ3) is 2.64. The van der Waals surface area contributed by atoms with Crippen molar-refractivity contribution < 1.29 is 9.21 Å². The van der Waals surface area contributed by atoms with E-state index in [1.54, 1.807) is 4.90 Å². The lowest BCUT2D eigenvalue weighted by Crippen LogP contribution is -2.29. The number of amides is 1. The van der Waals surface area contributed by atoms with Crippen LogP contribution in [0.3, 0.4) is 0 Å². The molecule has 0 bridgehead atoms. The quantitative estimate of drug-likeness (QED) is 0.449. The summed E-state index contributed by atoms with van der Waals surface area (Å²) in [6, 6.07) is 12.7. The van der Waals surface area contributed by atoms with Crippen molar-refractivity contribution in [2.24, 2.45) is 0 Å². The van der Waals surface area contributed by atoms with E-state index in [0.29, 0.717) is 21.7 Å². The van der Waals surface area contributed by atoms with Crippen LogP contribution in [-0.2, 0) is 0 Å². The highest BCUT2D eigenvalue weighted by Crippen LogP contribution is 2.43. The maximum atomic E-state index is 13.6. The zero-order valence-electron chi connectivity index (χ0n) is 17.1. The number of aromatic nitrogens is 1. The largest absolute Gasteiger partial charge is 0.450 e. The third-order valence-corrected chi connectivity index (χ3v) is 6.90. The highest BCUT2D eigenvalue weighted by atomic mass is 32.1. The molecule has 1 unspecified atom stereocenters. The molecule has 1 amide bonds. The number of benzene rings is 2. The molecule has 1 atom stereocenters. The molecule has 0 spiro atoms. The summed E-state index contributed by atoms with van der Waals surface area (Å²) in [5.41, 5.74) is 4.41. The zero-order valence-corrected chi connectivity index (χ0v) is 18.0.